The first-order valence-electron chi connectivity index (χ1n) is 12.0. The number of hydrogen-bond acceptors (Lipinski definition) is 6. The molecule has 7 heteroatoms. The fourth-order valence-corrected chi connectivity index (χ4v) is 4.60. The molecule has 3 aromatic carbocycles. The van der Waals surface area contributed by atoms with Crippen molar-refractivity contribution in [3.8, 4) is 17.2 Å². The zero-order valence-electron chi connectivity index (χ0n) is 21.2. The molecule has 0 atom stereocenters. The fourth-order valence-electron chi connectivity index (χ4n) is 3.76. The molecule has 1 saturated heterocycles. The number of nitrogens with zero attached hydrogens (tertiary/aromatic N) is 1. The van der Waals surface area contributed by atoms with E-state index in [1.807, 2.05) is 55.5 Å². The van der Waals surface area contributed by atoms with Gasteiger partial charge < -0.3 is 19.5 Å². The van der Waals surface area contributed by atoms with E-state index in [0.29, 0.717) is 41.2 Å². The van der Waals surface area contributed by atoms with Crippen molar-refractivity contribution in [1.29, 1.82) is 0 Å². The molecular weight excluding hydrogens is 484 g/mol. The molecule has 6 nitrogen and oxygen atoms in total. The van der Waals surface area contributed by atoms with E-state index in [2.05, 4.69) is 48.1 Å². The predicted molar refractivity (Wildman–Crippen MR) is 151 cm³/mol. The Bertz CT molecular complexity index is 1330. The first kappa shape index (κ1) is 26.1. The number of methoxy groups -OCH3 is 1. The normalized spacial score (nSPS) is 15.1. The monoisotopic (exact) mass is 514 g/mol. The standard InChI is InChI=1S/C30H30N2O4S/c1-5-7-23-16-22(17-26(34-4)28(23)36-19-21-10-8-20(3)9-11-21)18-27-29(33)32-30(37-27)31-24-12-14-25(15-13-24)35-6-2/h5,8-18H,1,6-7,19H2,2-4H3,(H,31,32,33)/b27-18+. The second-order valence-electron chi connectivity index (χ2n) is 8.39. The average molecular weight is 515 g/mol. The fraction of sp³-hybridized carbons (Fsp3) is 0.200. The summed E-state index contributed by atoms with van der Waals surface area (Å²) < 4.78 is 17.3. The Morgan fingerprint density at radius 1 is 1.05 bits per heavy atom. The van der Waals surface area contributed by atoms with Crippen LogP contribution in [0.2, 0.25) is 0 Å². The van der Waals surface area contributed by atoms with Crippen molar-refractivity contribution in [3.63, 3.8) is 0 Å². The molecule has 0 aliphatic carbocycles. The highest BCUT2D eigenvalue weighted by molar-refractivity contribution is 8.18. The second-order valence-corrected chi connectivity index (χ2v) is 9.42. The molecule has 0 aromatic heterocycles. The van der Waals surface area contributed by atoms with Crippen LogP contribution in [-0.4, -0.2) is 24.8 Å². The third-order valence-corrected chi connectivity index (χ3v) is 6.48. The van der Waals surface area contributed by atoms with Gasteiger partial charge in [-0.05, 0) is 85.6 Å². The molecule has 4 rings (SSSR count). The van der Waals surface area contributed by atoms with Crippen molar-refractivity contribution in [2.75, 3.05) is 13.7 Å². The van der Waals surface area contributed by atoms with Gasteiger partial charge in [0, 0.05) is 5.56 Å². The number of thioether (sulfide) groups is 1. The first-order valence-corrected chi connectivity index (χ1v) is 12.8. The van der Waals surface area contributed by atoms with Gasteiger partial charge in [-0.3, -0.25) is 4.79 Å². The van der Waals surface area contributed by atoms with Crippen molar-refractivity contribution < 1.29 is 19.0 Å². The van der Waals surface area contributed by atoms with Crippen molar-refractivity contribution >= 4 is 34.6 Å². The first-order chi connectivity index (χ1) is 18.0. The van der Waals surface area contributed by atoms with Gasteiger partial charge in [0.05, 0.1) is 24.3 Å². The molecule has 1 amide bonds. The highest BCUT2D eigenvalue weighted by Gasteiger charge is 2.24. The average Bonchev–Trinajstić information content (AvgIpc) is 3.23. The van der Waals surface area contributed by atoms with E-state index in [0.717, 1.165) is 28.1 Å². The van der Waals surface area contributed by atoms with Gasteiger partial charge in [0.1, 0.15) is 12.4 Å². The van der Waals surface area contributed by atoms with E-state index in [1.165, 1.54) is 17.3 Å². The number of nitrogens with one attached hydrogen (secondary N) is 1. The summed E-state index contributed by atoms with van der Waals surface area (Å²) >= 11 is 1.30. The SMILES string of the molecule is C=CCc1cc(/C=C2/SC(=Nc3ccc(OCC)cc3)NC2=O)cc(OC)c1OCc1ccc(C)cc1. The Balaban J connectivity index is 1.55. The van der Waals surface area contributed by atoms with E-state index in [9.17, 15) is 4.79 Å². The van der Waals surface area contributed by atoms with Gasteiger partial charge in [0.25, 0.3) is 5.91 Å². The number of aliphatic imine (C=N–C) groups is 1. The number of rotatable bonds is 10. The minimum absolute atomic E-state index is 0.196. The number of amides is 1. The number of hydrogen-bond donors (Lipinski definition) is 1. The van der Waals surface area contributed by atoms with E-state index >= 15 is 0 Å². The van der Waals surface area contributed by atoms with Crippen LogP contribution in [0.5, 0.6) is 17.2 Å². The van der Waals surface area contributed by atoms with Crippen LogP contribution in [0.3, 0.4) is 0 Å². The molecule has 1 aliphatic rings. The number of carbonyl (C=O) groups is 1. The van der Waals surface area contributed by atoms with Crippen molar-refractivity contribution in [2.24, 2.45) is 4.99 Å². The zero-order valence-corrected chi connectivity index (χ0v) is 22.1. The van der Waals surface area contributed by atoms with Gasteiger partial charge in [-0.2, -0.15) is 0 Å². The maximum Gasteiger partial charge on any atom is 0.264 e. The molecule has 0 spiro atoms. The van der Waals surface area contributed by atoms with Crippen molar-refractivity contribution in [3.05, 3.63) is 100 Å². The minimum Gasteiger partial charge on any atom is -0.494 e. The molecule has 0 saturated carbocycles. The highest BCUT2D eigenvalue weighted by Crippen LogP contribution is 2.36. The third kappa shape index (κ3) is 6.83. The van der Waals surface area contributed by atoms with Crippen LogP contribution in [0, 0.1) is 6.92 Å². The molecule has 3 aromatic rings. The Hall–Kier alpha value is -3.97. The molecule has 0 unspecified atom stereocenters. The van der Waals surface area contributed by atoms with Crippen LogP contribution in [0.1, 0.15) is 29.2 Å². The molecule has 1 fully saturated rings. The van der Waals surface area contributed by atoms with Gasteiger partial charge in [0.15, 0.2) is 16.7 Å². The van der Waals surface area contributed by atoms with Crippen LogP contribution in [0.25, 0.3) is 6.08 Å². The summed E-state index contributed by atoms with van der Waals surface area (Å²) in [7, 11) is 1.61. The molecule has 1 heterocycles. The lowest BCUT2D eigenvalue weighted by Gasteiger charge is -2.16. The lowest BCUT2D eigenvalue weighted by atomic mass is 10.0. The van der Waals surface area contributed by atoms with Crippen LogP contribution in [0.4, 0.5) is 5.69 Å². The van der Waals surface area contributed by atoms with Gasteiger partial charge in [-0.15, -0.1) is 6.58 Å². The van der Waals surface area contributed by atoms with Crippen LogP contribution in [0.15, 0.2) is 83.2 Å². The number of allylic oxidation sites excluding steroid dienone is 1. The van der Waals surface area contributed by atoms with E-state index in [-0.39, 0.29) is 5.91 Å². The Kier molecular flexibility index (Phi) is 8.69. The molecule has 1 aliphatic heterocycles. The van der Waals surface area contributed by atoms with Gasteiger partial charge in [-0.25, -0.2) is 4.99 Å². The second kappa shape index (κ2) is 12.3. The third-order valence-electron chi connectivity index (χ3n) is 5.57. The summed E-state index contributed by atoms with van der Waals surface area (Å²) in [6.07, 6.45) is 4.25. The van der Waals surface area contributed by atoms with Crippen LogP contribution < -0.4 is 19.5 Å². The lowest BCUT2D eigenvalue weighted by Crippen LogP contribution is -2.19. The molecule has 0 radical (unpaired) electrons. The minimum atomic E-state index is -0.196. The van der Waals surface area contributed by atoms with E-state index in [1.54, 1.807) is 7.11 Å². The highest BCUT2D eigenvalue weighted by atomic mass is 32.2. The number of carbonyl (C=O) groups excluding carboxylic acids is 1. The molecule has 0 bridgehead atoms. The van der Waals surface area contributed by atoms with Crippen molar-refractivity contribution in [2.45, 2.75) is 26.9 Å². The topological polar surface area (TPSA) is 69.2 Å². The smallest absolute Gasteiger partial charge is 0.264 e. The summed E-state index contributed by atoms with van der Waals surface area (Å²) in [5, 5.41) is 3.36. The summed E-state index contributed by atoms with van der Waals surface area (Å²) in [6.45, 7) is 8.91. The summed E-state index contributed by atoms with van der Waals surface area (Å²) in [5.74, 6) is 1.86. The zero-order chi connectivity index (χ0) is 26.2. The number of ether oxygens (including phenoxy) is 3. The molecular formula is C30H30N2O4S. The Morgan fingerprint density at radius 2 is 1.81 bits per heavy atom. The summed E-state index contributed by atoms with van der Waals surface area (Å²) in [6, 6.07) is 19.5. The Morgan fingerprint density at radius 3 is 2.49 bits per heavy atom. The van der Waals surface area contributed by atoms with Crippen LogP contribution in [-0.2, 0) is 17.8 Å². The number of aryl methyl sites for hydroxylation is 1. The predicted octanol–water partition coefficient (Wildman–Crippen LogP) is 6.60. The van der Waals surface area contributed by atoms with E-state index in [4.69, 9.17) is 14.2 Å². The van der Waals surface area contributed by atoms with Crippen LogP contribution >= 0.6 is 11.8 Å². The molecule has 1 N–H and O–H groups in total. The van der Waals surface area contributed by atoms with Gasteiger partial charge >= 0.3 is 0 Å². The molecule has 37 heavy (non-hydrogen) atoms. The summed E-state index contributed by atoms with van der Waals surface area (Å²) in [5.41, 5.74) is 4.77. The molecule has 190 valence electrons. The number of amidine groups is 1. The Labute approximate surface area is 222 Å². The maximum absolute atomic E-state index is 12.7. The summed E-state index contributed by atoms with van der Waals surface area (Å²) in [4.78, 5) is 17.8. The van der Waals surface area contributed by atoms with Gasteiger partial charge in [-0.1, -0.05) is 35.9 Å². The maximum atomic E-state index is 12.7. The lowest BCUT2D eigenvalue weighted by molar-refractivity contribution is -0.115. The van der Waals surface area contributed by atoms with E-state index < -0.39 is 0 Å². The van der Waals surface area contributed by atoms with Gasteiger partial charge in [0.2, 0.25) is 0 Å². The largest absolute Gasteiger partial charge is 0.494 e. The van der Waals surface area contributed by atoms with Crippen molar-refractivity contribution in [1.82, 2.24) is 5.32 Å². The quantitative estimate of drug-likeness (QED) is 0.244. The number of benzene rings is 3.